The van der Waals surface area contributed by atoms with Crippen molar-refractivity contribution in [2.45, 2.75) is 32.3 Å². The van der Waals surface area contributed by atoms with Crippen LogP contribution in [0.5, 0.6) is 5.75 Å². The molecule has 1 rings (SSSR count). The molecule has 1 N–H and O–H groups in total. The van der Waals surface area contributed by atoms with E-state index in [2.05, 4.69) is 13.5 Å². The number of benzene rings is 1. The molecule has 0 spiro atoms. The van der Waals surface area contributed by atoms with Crippen LogP contribution in [0, 0.1) is 0 Å². The van der Waals surface area contributed by atoms with Crippen LogP contribution in [0.25, 0.3) is 0 Å². The average Bonchev–Trinajstić information content (AvgIpc) is 2.38. The lowest BCUT2D eigenvalue weighted by Gasteiger charge is -2.13. The highest BCUT2D eigenvalue weighted by Gasteiger charge is 2.10. The number of carbonyl (C=O) groups is 1. The van der Waals surface area contributed by atoms with E-state index < -0.39 is 6.10 Å². The van der Waals surface area contributed by atoms with Gasteiger partial charge in [0.2, 0.25) is 0 Å². The number of carbonyl (C=O) groups excluding carboxylic acids is 1. The fraction of sp³-hybridized carbons (Fsp3) is 0.400. The minimum absolute atomic E-state index is 0.0550. The van der Waals surface area contributed by atoms with E-state index in [4.69, 9.17) is 4.74 Å². The Labute approximate surface area is 108 Å². The summed E-state index contributed by atoms with van der Waals surface area (Å²) in [5.41, 5.74) is 1.13. The van der Waals surface area contributed by atoms with Gasteiger partial charge < -0.3 is 9.84 Å². The minimum atomic E-state index is -0.787. The number of ketones is 1. The lowest BCUT2D eigenvalue weighted by Crippen LogP contribution is -2.20. The van der Waals surface area contributed by atoms with Crippen molar-refractivity contribution in [1.82, 2.24) is 0 Å². The van der Waals surface area contributed by atoms with Crippen LogP contribution in [-0.2, 0) is 11.2 Å². The molecule has 1 aromatic rings. The van der Waals surface area contributed by atoms with Gasteiger partial charge >= 0.3 is 0 Å². The Morgan fingerprint density at radius 1 is 1.50 bits per heavy atom. The predicted molar refractivity (Wildman–Crippen MR) is 71.8 cm³/mol. The van der Waals surface area contributed by atoms with E-state index in [-0.39, 0.29) is 18.8 Å². The van der Waals surface area contributed by atoms with Crippen LogP contribution < -0.4 is 4.74 Å². The zero-order valence-electron chi connectivity index (χ0n) is 10.8. The third kappa shape index (κ3) is 4.72. The van der Waals surface area contributed by atoms with E-state index in [1.165, 1.54) is 6.08 Å². The third-order valence-corrected chi connectivity index (χ3v) is 2.59. The van der Waals surface area contributed by atoms with Gasteiger partial charge in [-0.15, -0.1) is 0 Å². The fourth-order valence-corrected chi connectivity index (χ4v) is 1.68. The van der Waals surface area contributed by atoms with E-state index >= 15 is 0 Å². The van der Waals surface area contributed by atoms with Crippen LogP contribution >= 0.6 is 0 Å². The molecule has 0 heterocycles. The fourth-order valence-electron chi connectivity index (χ4n) is 1.68. The number of para-hydroxylation sites is 1. The summed E-state index contributed by atoms with van der Waals surface area (Å²) in [6, 6.07) is 7.76. The maximum absolute atomic E-state index is 11.1. The topological polar surface area (TPSA) is 46.5 Å². The van der Waals surface area contributed by atoms with Gasteiger partial charge in [0, 0.05) is 6.42 Å². The number of hydrogen-bond donors (Lipinski definition) is 1. The molecule has 0 radical (unpaired) electrons. The number of allylic oxidation sites excluding steroid dienone is 1. The first-order valence-corrected chi connectivity index (χ1v) is 6.21. The maximum Gasteiger partial charge on any atom is 0.157 e. The molecule has 0 saturated heterocycles. The van der Waals surface area contributed by atoms with Gasteiger partial charge in [0.15, 0.2) is 5.78 Å². The second kappa shape index (κ2) is 7.67. The third-order valence-electron chi connectivity index (χ3n) is 2.59. The first kappa shape index (κ1) is 14.5. The summed E-state index contributed by atoms with van der Waals surface area (Å²) in [6.07, 6.45) is 2.47. The molecule has 1 aromatic carbocycles. The largest absolute Gasteiger partial charge is 0.491 e. The predicted octanol–water partition coefficient (Wildman–Crippen LogP) is 2.52. The van der Waals surface area contributed by atoms with Crippen molar-refractivity contribution in [3.8, 4) is 5.75 Å². The Kier molecular flexibility index (Phi) is 6.15. The van der Waals surface area contributed by atoms with Crippen molar-refractivity contribution < 1.29 is 14.6 Å². The summed E-state index contributed by atoms with van der Waals surface area (Å²) in [7, 11) is 0. The molecule has 3 heteroatoms. The minimum Gasteiger partial charge on any atom is -0.491 e. The van der Waals surface area contributed by atoms with Crippen LogP contribution in [0.3, 0.4) is 0 Å². The average molecular weight is 248 g/mol. The van der Waals surface area contributed by atoms with Gasteiger partial charge in [-0.1, -0.05) is 38.1 Å². The Morgan fingerprint density at radius 2 is 2.22 bits per heavy atom. The quantitative estimate of drug-likeness (QED) is 0.719. The zero-order chi connectivity index (χ0) is 13.4. The smallest absolute Gasteiger partial charge is 0.157 e. The van der Waals surface area contributed by atoms with Gasteiger partial charge in [0.1, 0.15) is 12.4 Å². The normalized spacial score (nSPS) is 11.9. The Bertz CT molecular complexity index is 398. The number of aryl methyl sites for hydroxylation is 1. The van der Waals surface area contributed by atoms with Gasteiger partial charge in [-0.05, 0) is 24.1 Å². The first-order chi connectivity index (χ1) is 8.67. The molecule has 0 fully saturated rings. The first-order valence-electron chi connectivity index (χ1n) is 6.21. The van der Waals surface area contributed by atoms with Crippen molar-refractivity contribution >= 4 is 5.78 Å². The number of hydrogen-bond acceptors (Lipinski definition) is 3. The summed E-state index contributed by atoms with van der Waals surface area (Å²) in [5, 5.41) is 9.64. The summed E-state index contributed by atoms with van der Waals surface area (Å²) in [5.74, 6) is 0.609. The molecule has 0 saturated carbocycles. The number of aliphatic hydroxyl groups excluding tert-OH is 1. The van der Waals surface area contributed by atoms with Gasteiger partial charge in [0.25, 0.3) is 0 Å². The molecule has 3 nitrogen and oxygen atoms in total. The van der Waals surface area contributed by atoms with Crippen molar-refractivity contribution in [1.29, 1.82) is 0 Å². The molecule has 98 valence electrons. The lowest BCUT2D eigenvalue weighted by atomic mass is 10.1. The van der Waals surface area contributed by atoms with Crippen LogP contribution in [-0.4, -0.2) is 23.6 Å². The Hall–Kier alpha value is -1.61. The highest BCUT2D eigenvalue weighted by Crippen LogP contribution is 2.19. The lowest BCUT2D eigenvalue weighted by molar-refractivity contribution is -0.116. The number of ether oxygens (including phenoxy) is 1. The van der Waals surface area contributed by atoms with Crippen LogP contribution in [0.2, 0.25) is 0 Å². The molecular weight excluding hydrogens is 228 g/mol. The van der Waals surface area contributed by atoms with Crippen molar-refractivity contribution in [2.75, 3.05) is 6.61 Å². The Morgan fingerprint density at radius 3 is 2.89 bits per heavy atom. The molecule has 0 amide bonds. The Balaban J connectivity index is 2.52. The molecule has 0 aliphatic carbocycles. The highest BCUT2D eigenvalue weighted by molar-refractivity contribution is 5.89. The molecule has 1 unspecified atom stereocenters. The molecule has 0 aromatic heterocycles. The van der Waals surface area contributed by atoms with Gasteiger partial charge in [0.05, 0.1) is 6.10 Å². The van der Waals surface area contributed by atoms with E-state index in [1.54, 1.807) is 0 Å². The van der Waals surface area contributed by atoms with E-state index in [9.17, 15) is 9.90 Å². The molecule has 0 bridgehead atoms. The number of rotatable bonds is 8. The maximum atomic E-state index is 11.1. The summed E-state index contributed by atoms with van der Waals surface area (Å²) >= 11 is 0. The molecule has 1 atom stereocenters. The second-order valence-corrected chi connectivity index (χ2v) is 4.20. The van der Waals surface area contributed by atoms with Crippen LogP contribution in [0.1, 0.15) is 25.3 Å². The van der Waals surface area contributed by atoms with E-state index in [1.807, 2.05) is 24.3 Å². The molecule has 0 aliphatic heterocycles. The summed E-state index contributed by atoms with van der Waals surface area (Å²) in [4.78, 5) is 11.1. The number of aliphatic hydroxyl groups is 1. The van der Waals surface area contributed by atoms with E-state index in [0.717, 1.165) is 24.2 Å². The van der Waals surface area contributed by atoms with Crippen molar-refractivity contribution in [3.63, 3.8) is 0 Å². The SMILES string of the molecule is C=CC(=O)CC(O)COc1ccccc1CCC. The van der Waals surface area contributed by atoms with E-state index in [0.29, 0.717) is 0 Å². The molecular formula is C15H20O3. The monoisotopic (exact) mass is 248 g/mol. The van der Waals surface area contributed by atoms with Crippen molar-refractivity contribution in [2.24, 2.45) is 0 Å². The van der Waals surface area contributed by atoms with Gasteiger partial charge in [-0.2, -0.15) is 0 Å². The van der Waals surface area contributed by atoms with Crippen molar-refractivity contribution in [3.05, 3.63) is 42.5 Å². The summed E-state index contributed by atoms with van der Waals surface area (Å²) < 4.78 is 5.56. The summed E-state index contributed by atoms with van der Waals surface area (Å²) in [6.45, 7) is 5.60. The zero-order valence-corrected chi connectivity index (χ0v) is 10.8. The highest BCUT2D eigenvalue weighted by atomic mass is 16.5. The standard InChI is InChI=1S/C15H20O3/c1-3-7-12-8-5-6-9-15(12)18-11-14(17)10-13(16)4-2/h4-6,8-9,14,17H,2-3,7,10-11H2,1H3. The van der Waals surface area contributed by atoms with Gasteiger partial charge in [-0.25, -0.2) is 0 Å². The van der Waals surface area contributed by atoms with Crippen LogP contribution in [0.4, 0.5) is 0 Å². The van der Waals surface area contributed by atoms with Gasteiger partial charge in [-0.3, -0.25) is 4.79 Å². The molecule has 0 aliphatic rings. The van der Waals surface area contributed by atoms with Crippen LogP contribution in [0.15, 0.2) is 36.9 Å². The second-order valence-electron chi connectivity index (χ2n) is 4.20. The molecule has 18 heavy (non-hydrogen) atoms.